The number of phenols is 1. The van der Waals surface area contributed by atoms with Crippen LogP contribution in [-0.2, 0) is 0 Å². The van der Waals surface area contributed by atoms with Crippen molar-refractivity contribution in [3.8, 4) is 5.75 Å². The van der Waals surface area contributed by atoms with Gasteiger partial charge >= 0.3 is 6.03 Å². The minimum Gasteiger partial charge on any atom is -0.505 e. The van der Waals surface area contributed by atoms with E-state index in [4.69, 9.17) is 46.4 Å². The zero-order chi connectivity index (χ0) is 15.6. The SMILES string of the molecule is O=C(Nc1ccc(Cl)c(Cl)c1)Nc1cc(Cl)c(O)c(Cl)c1. The highest BCUT2D eigenvalue weighted by Crippen LogP contribution is 2.34. The molecule has 4 nitrogen and oxygen atoms in total. The molecule has 0 atom stereocenters. The Hall–Kier alpha value is -1.33. The van der Waals surface area contributed by atoms with Crippen molar-refractivity contribution in [2.24, 2.45) is 0 Å². The van der Waals surface area contributed by atoms with Gasteiger partial charge in [0.25, 0.3) is 0 Å². The summed E-state index contributed by atoms with van der Waals surface area (Å²) in [4.78, 5) is 11.8. The van der Waals surface area contributed by atoms with E-state index in [9.17, 15) is 9.90 Å². The zero-order valence-electron chi connectivity index (χ0n) is 10.3. The quantitative estimate of drug-likeness (QED) is 0.602. The molecule has 0 spiro atoms. The van der Waals surface area contributed by atoms with Crippen molar-refractivity contribution in [2.75, 3.05) is 10.6 Å². The fourth-order valence-corrected chi connectivity index (χ4v) is 2.29. The summed E-state index contributed by atoms with van der Waals surface area (Å²) < 4.78 is 0. The van der Waals surface area contributed by atoms with Gasteiger partial charge in [0.2, 0.25) is 0 Å². The van der Waals surface area contributed by atoms with Crippen LogP contribution >= 0.6 is 46.4 Å². The summed E-state index contributed by atoms with van der Waals surface area (Å²) >= 11 is 23.2. The van der Waals surface area contributed by atoms with E-state index >= 15 is 0 Å². The first-order valence-corrected chi connectivity index (χ1v) is 7.09. The van der Waals surface area contributed by atoms with Crippen LogP contribution in [0, 0.1) is 0 Å². The summed E-state index contributed by atoms with van der Waals surface area (Å²) in [6.07, 6.45) is 0. The molecule has 0 bridgehead atoms. The fraction of sp³-hybridized carbons (Fsp3) is 0. The van der Waals surface area contributed by atoms with Crippen LogP contribution in [0.4, 0.5) is 16.2 Å². The molecular weight excluding hydrogens is 358 g/mol. The number of rotatable bonds is 2. The molecule has 0 heterocycles. The lowest BCUT2D eigenvalue weighted by Crippen LogP contribution is -2.19. The molecule has 0 aliphatic carbocycles. The minimum atomic E-state index is -0.522. The van der Waals surface area contributed by atoms with E-state index in [1.807, 2.05) is 0 Å². The van der Waals surface area contributed by atoms with Gasteiger partial charge in [-0.25, -0.2) is 4.79 Å². The molecule has 2 rings (SSSR count). The smallest absolute Gasteiger partial charge is 0.323 e. The van der Waals surface area contributed by atoms with E-state index in [0.717, 1.165) is 0 Å². The Morgan fingerprint density at radius 3 is 1.90 bits per heavy atom. The second-order valence-electron chi connectivity index (χ2n) is 4.00. The summed E-state index contributed by atoms with van der Waals surface area (Å²) in [5, 5.41) is 15.3. The van der Waals surface area contributed by atoms with Gasteiger partial charge < -0.3 is 15.7 Å². The van der Waals surface area contributed by atoms with E-state index in [1.54, 1.807) is 12.1 Å². The van der Waals surface area contributed by atoms with E-state index in [2.05, 4.69) is 10.6 Å². The molecule has 2 aromatic rings. The first kappa shape index (κ1) is 16.0. The molecule has 8 heteroatoms. The number of carbonyl (C=O) groups excluding carboxylic acids is 1. The predicted octanol–water partition coefficient (Wildman–Crippen LogP) is 5.65. The molecule has 0 unspecified atom stereocenters. The number of anilines is 2. The molecule has 110 valence electrons. The van der Waals surface area contributed by atoms with Gasteiger partial charge in [0.05, 0.1) is 20.1 Å². The predicted molar refractivity (Wildman–Crippen MR) is 87.2 cm³/mol. The number of hydrogen-bond donors (Lipinski definition) is 3. The molecular formula is C13H8Cl4N2O2. The molecule has 0 radical (unpaired) electrons. The Morgan fingerprint density at radius 1 is 0.810 bits per heavy atom. The highest BCUT2D eigenvalue weighted by molar-refractivity contribution is 6.42. The van der Waals surface area contributed by atoms with Gasteiger partial charge in [-0.05, 0) is 30.3 Å². The standard InChI is InChI=1S/C13H8Cl4N2O2/c14-8-2-1-6(3-9(8)15)18-13(21)19-7-4-10(16)12(20)11(17)5-7/h1-5,20H,(H2,18,19,21). The molecule has 3 N–H and O–H groups in total. The van der Waals surface area contributed by atoms with Crippen LogP contribution < -0.4 is 10.6 Å². The van der Waals surface area contributed by atoms with Gasteiger partial charge in [-0.2, -0.15) is 0 Å². The number of hydrogen-bond acceptors (Lipinski definition) is 2. The molecule has 2 amide bonds. The average Bonchev–Trinajstić information content (AvgIpc) is 2.40. The number of phenolic OH excluding ortho intramolecular Hbond substituents is 1. The molecule has 21 heavy (non-hydrogen) atoms. The number of amides is 2. The Balaban J connectivity index is 2.09. The van der Waals surface area contributed by atoms with Crippen LogP contribution in [0.25, 0.3) is 0 Å². The molecule has 0 aliphatic rings. The highest BCUT2D eigenvalue weighted by atomic mass is 35.5. The molecule has 0 fully saturated rings. The maximum atomic E-state index is 11.8. The maximum absolute atomic E-state index is 11.8. The number of benzene rings is 2. The van der Waals surface area contributed by atoms with Gasteiger partial charge in [0, 0.05) is 11.4 Å². The van der Waals surface area contributed by atoms with Crippen LogP contribution in [0.2, 0.25) is 20.1 Å². The first-order chi connectivity index (χ1) is 9.86. The van der Waals surface area contributed by atoms with Crippen LogP contribution in [0.3, 0.4) is 0 Å². The van der Waals surface area contributed by atoms with Crippen molar-refractivity contribution >= 4 is 63.8 Å². The van der Waals surface area contributed by atoms with Crippen molar-refractivity contribution in [3.63, 3.8) is 0 Å². The van der Waals surface area contributed by atoms with Gasteiger partial charge in [0.15, 0.2) is 5.75 Å². The number of urea groups is 1. The highest BCUT2D eigenvalue weighted by Gasteiger charge is 2.09. The normalized spacial score (nSPS) is 10.3. The van der Waals surface area contributed by atoms with E-state index in [-0.39, 0.29) is 15.8 Å². The third-order valence-corrected chi connectivity index (χ3v) is 3.77. The fourth-order valence-electron chi connectivity index (χ4n) is 1.51. The Labute approximate surface area is 140 Å². The monoisotopic (exact) mass is 364 g/mol. The van der Waals surface area contributed by atoms with Crippen molar-refractivity contribution in [1.29, 1.82) is 0 Å². The topological polar surface area (TPSA) is 61.4 Å². The van der Waals surface area contributed by atoms with Crippen LogP contribution in [-0.4, -0.2) is 11.1 Å². The molecule has 0 aliphatic heterocycles. The minimum absolute atomic E-state index is 0.0346. The lowest BCUT2D eigenvalue weighted by atomic mass is 10.3. The second-order valence-corrected chi connectivity index (χ2v) is 5.63. The van der Waals surface area contributed by atoms with Crippen molar-refractivity contribution in [2.45, 2.75) is 0 Å². The van der Waals surface area contributed by atoms with Gasteiger partial charge in [0.1, 0.15) is 0 Å². The summed E-state index contributed by atoms with van der Waals surface area (Å²) in [5.74, 6) is -0.242. The van der Waals surface area contributed by atoms with E-state index < -0.39 is 6.03 Å². The number of aromatic hydroxyl groups is 1. The number of halogens is 4. The largest absolute Gasteiger partial charge is 0.505 e. The Morgan fingerprint density at radius 2 is 1.33 bits per heavy atom. The summed E-state index contributed by atoms with van der Waals surface area (Å²) in [6.45, 7) is 0. The molecule has 0 saturated carbocycles. The van der Waals surface area contributed by atoms with Crippen molar-refractivity contribution < 1.29 is 9.90 Å². The van der Waals surface area contributed by atoms with E-state index in [0.29, 0.717) is 21.4 Å². The van der Waals surface area contributed by atoms with Crippen molar-refractivity contribution in [3.05, 3.63) is 50.4 Å². The third kappa shape index (κ3) is 4.08. The molecule has 0 aromatic heterocycles. The van der Waals surface area contributed by atoms with Crippen LogP contribution in [0.1, 0.15) is 0 Å². The summed E-state index contributed by atoms with van der Waals surface area (Å²) in [6, 6.07) is 6.90. The van der Waals surface area contributed by atoms with Gasteiger partial charge in [-0.3, -0.25) is 0 Å². The number of carbonyl (C=O) groups is 1. The molecule has 2 aromatic carbocycles. The number of nitrogens with one attached hydrogen (secondary N) is 2. The molecule has 0 saturated heterocycles. The van der Waals surface area contributed by atoms with E-state index in [1.165, 1.54) is 18.2 Å². The Bertz CT molecular complexity index is 684. The Kier molecular flexibility index (Phi) is 5.06. The lowest BCUT2D eigenvalue weighted by molar-refractivity contribution is 0.262. The van der Waals surface area contributed by atoms with Gasteiger partial charge in [-0.1, -0.05) is 46.4 Å². The van der Waals surface area contributed by atoms with Crippen LogP contribution in [0.5, 0.6) is 5.75 Å². The van der Waals surface area contributed by atoms with Crippen molar-refractivity contribution in [1.82, 2.24) is 0 Å². The van der Waals surface area contributed by atoms with Crippen LogP contribution in [0.15, 0.2) is 30.3 Å². The van der Waals surface area contributed by atoms with Gasteiger partial charge in [-0.15, -0.1) is 0 Å². The summed E-state index contributed by atoms with van der Waals surface area (Å²) in [7, 11) is 0. The zero-order valence-corrected chi connectivity index (χ0v) is 13.3. The third-order valence-electron chi connectivity index (χ3n) is 2.45. The second kappa shape index (κ2) is 6.62. The summed E-state index contributed by atoms with van der Waals surface area (Å²) in [5.41, 5.74) is 0.804. The maximum Gasteiger partial charge on any atom is 0.323 e. The first-order valence-electron chi connectivity index (χ1n) is 5.58. The average molecular weight is 366 g/mol. The lowest BCUT2D eigenvalue weighted by Gasteiger charge is -2.10.